The molecule has 0 aliphatic rings. The molecule has 26 heavy (non-hydrogen) atoms. The summed E-state index contributed by atoms with van der Waals surface area (Å²) in [7, 11) is 0. The van der Waals surface area contributed by atoms with Gasteiger partial charge in [-0.15, -0.1) is 0 Å². The number of hydrogen-bond donors (Lipinski definition) is 1. The van der Waals surface area contributed by atoms with E-state index in [1.165, 1.54) is 0 Å². The number of nitrogens with zero attached hydrogens (tertiary/aromatic N) is 3. The third-order valence-electron chi connectivity index (χ3n) is 4.40. The van der Waals surface area contributed by atoms with E-state index < -0.39 is 0 Å². The Morgan fingerprint density at radius 2 is 2.00 bits per heavy atom. The number of nitrogens with one attached hydrogen (secondary N) is 1. The van der Waals surface area contributed by atoms with Crippen molar-refractivity contribution in [3.63, 3.8) is 0 Å². The molecule has 2 aromatic carbocycles. The van der Waals surface area contributed by atoms with Gasteiger partial charge >= 0.3 is 0 Å². The summed E-state index contributed by atoms with van der Waals surface area (Å²) in [5.41, 5.74) is 5.60. The van der Waals surface area contributed by atoms with Crippen LogP contribution in [-0.4, -0.2) is 23.1 Å². The first-order valence-corrected chi connectivity index (χ1v) is 9.48. The lowest BCUT2D eigenvalue weighted by Crippen LogP contribution is -2.22. The van der Waals surface area contributed by atoms with Crippen molar-refractivity contribution >= 4 is 44.3 Å². The highest BCUT2D eigenvalue weighted by atomic mass is 79.9. The number of nitriles is 1. The molecule has 1 heterocycles. The van der Waals surface area contributed by atoms with Crippen LogP contribution in [0.15, 0.2) is 40.9 Å². The summed E-state index contributed by atoms with van der Waals surface area (Å²) in [6, 6.07) is 14.4. The molecule has 5 heteroatoms. The largest absolute Gasteiger partial charge is 0.371 e. The van der Waals surface area contributed by atoms with Crippen LogP contribution in [0.1, 0.15) is 30.8 Å². The molecule has 1 aromatic heterocycles. The van der Waals surface area contributed by atoms with Crippen molar-refractivity contribution in [1.82, 2.24) is 9.97 Å². The molecule has 0 saturated heterocycles. The molecule has 0 radical (unpaired) electrons. The summed E-state index contributed by atoms with van der Waals surface area (Å²) >= 11 is 3.66. The number of aromatic amines is 1. The predicted octanol–water partition coefficient (Wildman–Crippen LogP) is 5.54. The van der Waals surface area contributed by atoms with Crippen molar-refractivity contribution < 1.29 is 0 Å². The predicted molar refractivity (Wildman–Crippen MR) is 112 cm³/mol. The van der Waals surface area contributed by atoms with Crippen molar-refractivity contribution in [3.05, 3.63) is 57.8 Å². The average Bonchev–Trinajstić information content (AvgIpc) is 3.05. The smallest absolute Gasteiger partial charge is 0.149 e. The maximum absolute atomic E-state index is 9.61. The molecule has 0 bridgehead atoms. The number of aryl methyl sites for hydroxylation is 1. The quantitative estimate of drug-likeness (QED) is 0.563. The number of imidazole rings is 1. The molecule has 132 valence electrons. The van der Waals surface area contributed by atoms with Gasteiger partial charge in [-0.05, 0) is 78.2 Å². The Bertz CT molecular complexity index is 1010. The minimum absolute atomic E-state index is 0.515. The lowest BCUT2D eigenvalue weighted by atomic mass is 10.1. The van der Waals surface area contributed by atoms with E-state index in [1.807, 2.05) is 43.3 Å². The maximum atomic E-state index is 9.61. The Kier molecular flexibility index (Phi) is 5.43. The number of halogens is 1. The van der Waals surface area contributed by atoms with Gasteiger partial charge in [0.1, 0.15) is 11.9 Å². The van der Waals surface area contributed by atoms with Gasteiger partial charge in [0.25, 0.3) is 0 Å². The molecular weight excluding hydrogens is 388 g/mol. The Balaban J connectivity index is 1.98. The van der Waals surface area contributed by atoms with Crippen LogP contribution in [0.3, 0.4) is 0 Å². The normalized spacial score (nSPS) is 11.6. The fourth-order valence-electron chi connectivity index (χ4n) is 3.00. The van der Waals surface area contributed by atoms with E-state index in [4.69, 9.17) is 0 Å². The fourth-order valence-corrected chi connectivity index (χ4v) is 3.65. The highest BCUT2D eigenvalue weighted by Crippen LogP contribution is 2.29. The zero-order valence-electron chi connectivity index (χ0n) is 15.2. The van der Waals surface area contributed by atoms with Crippen molar-refractivity contribution in [2.24, 2.45) is 0 Å². The van der Waals surface area contributed by atoms with Crippen molar-refractivity contribution in [2.75, 3.05) is 18.0 Å². The van der Waals surface area contributed by atoms with Crippen LogP contribution in [0.5, 0.6) is 0 Å². The lowest BCUT2D eigenvalue weighted by Gasteiger charge is -2.22. The molecule has 0 aliphatic carbocycles. The Labute approximate surface area is 162 Å². The molecule has 4 nitrogen and oxygen atoms in total. The number of benzene rings is 2. The molecule has 3 rings (SSSR count). The Hall–Kier alpha value is -2.58. The SMILES string of the molecule is CCN(CC)c1ccc(C=C(C#N)c2nc3ccc(C)cc3[nH]2)cc1Br. The number of fused-ring (bicyclic) bond motifs is 1. The van der Waals surface area contributed by atoms with E-state index >= 15 is 0 Å². The summed E-state index contributed by atoms with van der Waals surface area (Å²) < 4.78 is 1.02. The van der Waals surface area contributed by atoms with Crippen LogP contribution in [-0.2, 0) is 0 Å². The molecule has 0 atom stereocenters. The maximum Gasteiger partial charge on any atom is 0.149 e. The average molecular weight is 409 g/mol. The molecule has 1 N–H and O–H groups in total. The van der Waals surface area contributed by atoms with Crippen LogP contribution >= 0.6 is 15.9 Å². The highest BCUT2D eigenvalue weighted by molar-refractivity contribution is 9.10. The third kappa shape index (κ3) is 3.66. The molecule has 0 spiro atoms. The van der Waals surface area contributed by atoms with Gasteiger partial charge in [-0.25, -0.2) is 4.98 Å². The monoisotopic (exact) mass is 408 g/mol. The van der Waals surface area contributed by atoms with Gasteiger partial charge in [0.15, 0.2) is 0 Å². The Morgan fingerprint density at radius 3 is 2.65 bits per heavy atom. The van der Waals surface area contributed by atoms with Crippen molar-refractivity contribution in [1.29, 1.82) is 5.26 Å². The summed E-state index contributed by atoms with van der Waals surface area (Å²) in [6.07, 6.45) is 1.86. The molecule has 3 aromatic rings. The second kappa shape index (κ2) is 7.76. The van der Waals surface area contributed by atoms with Crippen molar-refractivity contribution in [3.8, 4) is 6.07 Å². The molecule has 0 amide bonds. The first-order valence-electron chi connectivity index (χ1n) is 8.68. The highest BCUT2D eigenvalue weighted by Gasteiger charge is 2.10. The van der Waals surface area contributed by atoms with Gasteiger partial charge < -0.3 is 9.88 Å². The van der Waals surface area contributed by atoms with Crippen LogP contribution in [0.25, 0.3) is 22.7 Å². The van der Waals surface area contributed by atoms with Crippen LogP contribution in [0, 0.1) is 18.3 Å². The first-order chi connectivity index (χ1) is 12.5. The fraction of sp³-hybridized carbons (Fsp3) is 0.238. The molecular formula is C21H21BrN4. The van der Waals surface area contributed by atoms with Gasteiger partial charge in [-0.3, -0.25) is 0 Å². The van der Waals surface area contributed by atoms with E-state index in [9.17, 15) is 5.26 Å². The van der Waals surface area contributed by atoms with Gasteiger partial charge in [-0.1, -0.05) is 12.1 Å². The summed E-state index contributed by atoms with van der Waals surface area (Å²) in [5, 5.41) is 9.61. The molecule has 0 unspecified atom stereocenters. The van der Waals surface area contributed by atoms with Crippen LogP contribution in [0.4, 0.5) is 5.69 Å². The summed E-state index contributed by atoms with van der Waals surface area (Å²) in [5.74, 6) is 0.594. The topological polar surface area (TPSA) is 55.7 Å². The first kappa shape index (κ1) is 18.2. The van der Waals surface area contributed by atoms with E-state index in [2.05, 4.69) is 56.8 Å². The summed E-state index contributed by atoms with van der Waals surface area (Å²) in [6.45, 7) is 8.22. The van der Waals surface area contributed by atoms with Crippen LogP contribution in [0.2, 0.25) is 0 Å². The lowest BCUT2D eigenvalue weighted by molar-refractivity contribution is 0.864. The number of anilines is 1. The zero-order chi connectivity index (χ0) is 18.7. The third-order valence-corrected chi connectivity index (χ3v) is 5.03. The molecule has 0 aliphatic heterocycles. The minimum Gasteiger partial charge on any atom is -0.371 e. The minimum atomic E-state index is 0.515. The molecule has 0 fully saturated rings. The standard InChI is InChI=1S/C21H21BrN4/c1-4-26(5-2)20-9-7-15(12-17(20)22)11-16(13-23)21-24-18-8-6-14(3)10-19(18)25-21/h6-12H,4-5H2,1-3H3,(H,24,25). The van der Waals surface area contributed by atoms with E-state index in [-0.39, 0.29) is 0 Å². The van der Waals surface area contributed by atoms with E-state index in [1.54, 1.807) is 0 Å². The zero-order valence-corrected chi connectivity index (χ0v) is 16.8. The van der Waals surface area contributed by atoms with Crippen LogP contribution < -0.4 is 4.90 Å². The second-order valence-corrected chi connectivity index (χ2v) is 7.01. The Morgan fingerprint density at radius 1 is 1.23 bits per heavy atom. The van der Waals surface area contributed by atoms with Gasteiger partial charge in [0.2, 0.25) is 0 Å². The van der Waals surface area contributed by atoms with Gasteiger partial charge in [-0.2, -0.15) is 5.26 Å². The number of allylic oxidation sites excluding steroid dienone is 1. The number of H-pyrrole nitrogens is 1. The number of hydrogen-bond acceptors (Lipinski definition) is 3. The molecule has 0 saturated carbocycles. The van der Waals surface area contributed by atoms with Crippen molar-refractivity contribution in [2.45, 2.75) is 20.8 Å². The number of rotatable bonds is 5. The van der Waals surface area contributed by atoms with E-state index in [0.29, 0.717) is 11.4 Å². The van der Waals surface area contributed by atoms with Gasteiger partial charge in [0.05, 0.1) is 22.3 Å². The number of aromatic nitrogens is 2. The van der Waals surface area contributed by atoms with Gasteiger partial charge in [0, 0.05) is 17.6 Å². The summed E-state index contributed by atoms with van der Waals surface area (Å²) in [4.78, 5) is 10.1. The second-order valence-electron chi connectivity index (χ2n) is 6.16. The van der Waals surface area contributed by atoms with E-state index in [0.717, 1.165) is 45.4 Å².